The number of hydrogen-bond donors (Lipinski definition) is 2. The molecule has 218 valence electrons. The predicted molar refractivity (Wildman–Crippen MR) is 165 cm³/mol. The highest BCUT2D eigenvalue weighted by Crippen LogP contribution is 2.37. The van der Waals surface area contributed by atoms with Gasteiger partial charge < -0.3 is 15.4 Å². The Hall–Kier alpha value is -3.32. The molecule has 0 saturated heterocycles. The summed E-state index contributed by atoms with van der Waals surface area (Å²) >= 11 is 0. The fraction of sp³-hybridized carbons (Fsp3) is 0.529. The molecule has 1 atom stereocenters. The fourth-order valence-electron chi connectivity index (χ4n) is 7.33. The summed E-state index contributed by atoms with van der Waals surface area (Å²) in [6.45, 7) is 2.90. The largest absolute Gasteiger partial charge is 0.457 e. The van der Waals surface area contributed by atoms with Crippen LogP contribution in [-0.2, 0) is 13.1 Å². The van der Waals surface area contributed by atoms with E-state index in [1.807, 2.05) is 48.7 Å². The first kappa shape index (κ1) is 27.8. The van der Waals surface area contributed by atoms with E-state index in [9.17, 15) is 0 Å². The molecular weight excluding hydrogens is 508 g/mol. The Balaban J connectivity index is 1.17. The zero-order valence-electron chi connectivity index (χ0n) is 24.4. The molecule has 7 heteroatoms. The molecule has 0 spiro atoms. The number of hydrogen-bond acceptors (Lipinski definition) is 6. The summed E-state index contributed by atoms with van der Waals surface area (Å²) in [5.41, 5.74) is 10.2. The molecule has 3 N–H and O–H groups in total. The highest BCUT2D eigenvalue weighted by atomic mass is 16.5. The molecule has 41 heavy (non-hydrogen) atoms. The lowest BCUT2D eigenvalue weighted by Crippen LogP contribution is -2.49. The van der Waals surface area contributed by atoms with Crippen LogP contribution in [-0.4, -0.2) is 44.6 Å². The average Bonchev–Trinajstić information content (AvgIpc) is 3.53. The first-order chi connectivity index (χ1) is 20.2. The summed E-state index contributed by atoms with van der Waals surface area (Å²) in [5.74, 6) is 3.04. The molecule has 6 rings (SSSR count). The number of nitrogens with two attached hydrogens (primary N) is 1. The maximum Gasteiger partial charge on any atom is 0.197 e. The van der Waals surface area contributed by atoms with E-state index >= 15 is 0 Å². The minimum atomic E-state index is 0.410. The fourth-order valence-corrected chi connectivity index (χ4v) is 7.33. The van der Waals surface area contributed by atoms with Gasteiger partial charge in [0.1, 0.15) is 11.5 Å². The minimum Gasteiger partial charge on any atom is -0.457 e. The number of fused-ring (bicyclic) bond motifs is 1. The van der Waals surface area contributed by atoms with Crippen molar-refractivity contribution in [1.29, 1.82) is 0 Å². The normalized spacial score (nSPS) is 19.1. The number of para-hydroxylation sites is 1. The monoisotopic (exact) mass is 554 g/mol. The average molecular weight is 555 g/mol. The Kier molecular flexibility index (Phi) is 9.21. The van der Waals surface area contributed by atoms with Gasteiger partial charge in [-0.25, -0.2) is 4.99 Å². The maximum atomic E-state index is 6.73. The molecule has 2 saturated carbocycles. The second-order valence-corrected chi connectivity index (χ2v) is 12.3. The summed E-state index contributed by atoms with van der Waals surface area (Å²) in [6, 6.07) is 17.3. The van der Waals surface area contributed by atoms with Gasteiger partial charge in [-0.3, -0.25) is 10.00 Å². The Bertz CT molecular complexity index is 1250. The number of aromatic nitrogens is 2. The van der Waals surface area contributed by atoms with Gasteiger partial charge in [0.15, 0.2) is 5.96 Å². The van der Waals surface area contributed by atoms with Crippen molar-refractivity contribution in [3.63, 3.8) is 0 Å². The number of nitrogens with one attached hydrogen (secondary N) is 1. The highest BCUT2D eigenvalue weighted by molar-refractivity contribution is 5.84. The molecule has 2 aromatic carbocycles. The first-order valence-electron chi connectivity index (χ1n) is 15.9. The van der Waals surface area contributed by atoms with E-state index in [4.69, 9.17) is 15.5 Å². The number of benzene rings is 2. The molecule has 1 aliphatic heterocycles. The van der Waals surface area contributed by atoms with Crippen LogP contribution in [0.1, 0.15) is 88.2 Å². The molecule has 1 aromatic heterocycles. The van der Waals surface area contributed by atoms with Gasteiger partial charge in [0, 0.05) is 42.5 Å². The lowest BCUT2D eigenvalue weighted by atomic mass is 9.81. The molecule has 2 aliphatic carbocycles. The van der Waals surface area contributed by atoms with Gasteiger partial charge in [0.25, 0.3) is 0 Å². The van der Waals surface area contributed by atoms with E-state index in [0.29, 0.717) is 24.0 Å². The summed E-state index contributed by atoms with van der Waals surface area (Å²) in [4.78, 5) is 10.1. The summed E-state index contributed by atoms with van der Waals surface area (Å²) in [5, 5.41) is 7.22. The van der Waals surface area contributed by atoms with E-state index < -0.39 is 0 Å². The van der Waals surface area contributed by atoms with Crippen molar-refractivity contribution < 1.29 is 4.74 Å². The second kappa shape index (κ2) is 13.6. The van der Waals surface area contributed by atoms with Crippen molar-refractivity contribution in [2.75, 3.05) is 6.54 Å². The maximum absolute atomic E-state index is 6.73. The van der Waals surface area contributed by atoms with Crippen molar-refractivity contribution in [2.45, 2.75) is 102 Å². The number of aromatic amines is 1. The third-order valence-electron chi connectivity index (χ3n) is 9.47. The van der Waals surface area contributed by atoms with Crippen LogP contribution in [0.15, 0.2) is 65.9 Å². The van der Waals surface area contributed by atoms with Crippen LogP contribution in [0.4, 0.5) is 5.69 Å². The summed E-state index contributed by atoms with van der Waals surface area (Å²) in [6.07, 6.45) is 19.7. The number of H-pyrrole nitrogens is 1. The van der Waals surface area contributed by atoms with Crippen LogP contribution in [0, 0.1) is 5.92 Å². The Morgan fingerprint density at radius 3 is 2.49 bits per heavy atom. The van der Waals surface area contributed by atoms with Crippen LogP contribution >= 0.6 is 0 Å². The van der Waals surface area contributed by atoms with Crippen LogP contribution in [0.3, 0.4) is 0 Å². The third kappa shape index (κ3) is 7.13. The van der Waals surface area contributed by atoms with E-state index in [1.54, 1.807) is 0 Å². The van der Waals surface area contributed by atoms with Crippen LogP contribution in [0.5, 0.6) is 11.5 Å². The molecule has 2 fully saturated rings. The molecule has 3 aromatic rings. The zero-order valence-corrected chi connectivity index (χ0v) is 24.4. The van der Waals surface area contributed by atoms with E-state index in [-0.39, 0.29) is 0 Å². The topological polar surface area (TPSA) is 82.8 Å². The number of nitrogens with zero attached hydrogens (tertiary/aromatic N) is 4. The molecule has 1 unspecified atom stereocenters. The van der Waals surface area contributed by atoms with Gasteiger partial charge in [-0.2, -0.15) is 5.10 Å². The van der Waals surface area contributed by atoms with E-state index in [2.05, 4.69) is 32.3 Å². The highest BCUT2D eigenvalue weighted by Gasteiger charge is 2.33. The lowest BCUT2D eigenvalue weighted by molar-refractivity contribution is 0.126. The van der Waals surface area contributed by atoms with Crippen LogP contribution in [0.2, 0.25) is 0 Å². The number of guanidine groups is 1. The predicted octanol–water partition coefficient (Wildman–Crippen LogP) is 7.53. The Labute approximate surface area is 245 Å². The molecule has 0 radical (unpaired) electrons. The standard InChI is InChI=1S/C34H46N6O/c35-34-38-32-19-18-31(41-30-15-8-3-9-16-30)21-28(32)25-40(34)33(27-11-4-1-5-12-27)17-10-20-39(24-26-22-36-37-23-26)29-13-6-2-7-14-29/h3,8-9,15-16,18-19,21-23,27,29,33H,1-2,4-7,10-14,17,20,24-25H2,(H2,35,38)(H,36,37). The molecular formula is C34H46N6O. The second-order valence-electron chi connectivity index (χ2n) is 12.3. The van der Waals surface area contributed by atoms with Crippen molar-refractivity contribution >= 4 is 11.6 Å². The number of aliphatic imine (C=N–C) groups is 1. The van der Waals surface area contributed by atoms with Gasteiger partial charge in [-0.1, -0.05) is 56.7 Å². The van der Waals surface area contributed by atoms with Crippen LogP contribution in [0.25, 0.3) is 0 Å². The lowest BCUT2D eigenvalue weighted by Gasteiger charge is -2.42. The first-order valence-corrected chi connectivity index (χ1v) is 15.9. The smallest absolute Gasteiger partial charge is 0.197 e. The van der Waals surface area contributed by atoms with Crippen molar-refractivity contribution in [2.24, 2.45) is 16.6 Å². The van der Waals surface area contributed by atoms with Crippen molar-refractivity contribution in [3.05, 3.63) is 72.1 Å². The Morgan fingerprint density at radius 1 is 0.951 bits per heavy atom. The SMILES string of the molecule is NC1=Nc2ccc(Oc3ccccc3)cc2CN1C(CCCN(Cc1cn[nH]c1)C1CCCCC1)C1CCCCC1. The molecule has 2 heterocycles. The number of ether oxygens (including phenoxy) is 1. The van der Waals surface area contributed by atoms with Gasteiger partial charge in [-0.15, -0.1) is 0 Å². The zero-order chi connectivity index (χ0) is 27.9. The summed E-state index contributed by atoms with van der Waals surface area (Å²) < 4.78 is 6.16. The Morgan fingerprint density at radius 2 is 1.73 bits per heavy atom. The van der Waals surface area contributed by atoms with Gasteiger partial charge >= 0.3 is 0 Å². The molecule has 7 nitrogen and oxygen atoms in total. The minimum absolute atomic E-state index is 0.410. The van der Waals surface area contributed by atoms with E-state index in [1.165, 1.54) is 81.8 Å². The van der Waals surface area contributed by atoms with Crippen molar-refractivity contribution in [1.82, 2.24) is 20.0 Å². The molecule has 0 bridgehead atoms. The van der Waals surface area contributed by atoms with Crippen LogP contribution < -0.4 is 10.5 Å². The van der Waals surface area contributed by atoms with E-state index in [0.717, 1.165) is 43.2 Å². The van der Waals surface area contributed by atoms with Gasteiger partial charge in [0.2, 0.25) is 0 Å². The summed E-state index contributed by atoms with van der Waals surface area (Å²) in [7, 11) is 0. The number of rotatable bonds is 11. The molecule has 0 amide bonds. The van der Waals surface area contributed by atoms with Gasteiger partial charge in [0.05, 0.1) is 11.9 Å². The third-order valence-corrected chi connectivity index (χ3v) is 9.47. The quantitative estimate of drug-likeness (QED) is 0.256. The van der Waals surface area contributed by atoms with Crippen molar-refractivity contribution in [3.8, 4) is 11.5 Å². The molecule has 3 aliphatic rings. The van der Waals surface area contributed by atoms with Gasteiger partial charge in [-0.05, 0) is 81.3 Å².